The number of carbonyl (C=O) groups is 1. The molecule has 0 spiro atoms. The summed E-state index contributed by atoms with van der Waals surface area (Å²) in [6.07, 6.45) is 8.11. The number of anilines is 2. The summed E-state index contributed by atoms with van der Waals surface area (Å²) in [6.45, 7) is 8.62. The summed E-state index contributed by atoms with van der Waals surface area (Å²) in [5.41, 5.74) is 5.29. The first kappa shape index (κ1) is 26.8. The SMILES string of the molecule is CC(=O)N1CCc2c(c(Nc3ccc(-c4cnn(C)c4)cc3F)nn2C2CCn3c(cnc3CN3CCNCC3)C2)C1. The zero-order valence-electron chi connectivity index (χ0n) is 24.2. The standard InChI is InChI=1S/C30H37FN10O/c1-20(42)39-9-6-28-25(18-39)30(35-27-4-3-21(13-26(27)31)22-15-34-37(2)17-22)36-41(28)23-5-10-40-24(14-23)16-33-29(40)19-38-11-7-32-8-12-38/h3-4,13,15-17,23,32H,5-12,14,18-19H2,1-2H3,(H,35,36). The van der Waals surface area contributed by atoms with Crippen molar-refractivity contribution in [3.05, 3.63) is 65.4 Å². The number of aromatic nitrogens is 6. The Balaban J connectivity index is 1.15. The summed E-state index contributed by atoms with van der Waals surface area (Å²) in [4.78, 5) is 21.4. The van der Waals surface area contributed by atoms with Crippen LogP contribution in [0.4, 0.5) is 15.9 Å². The van der Waals surface area contributed by atoms with E-state index in [1.165, 1.54) is 11.8 Å². The largest absolute Gasteiger partial charge is 0.338 e. The summed E-state index contributed by atoms with van der Waals surface area (Å²) >= 11 is 0. The number of piperazine rings is 1. The number of benzene rings is 1. The quantitative estimate of drug-likeness (QED) is 0.367. The molecule has 1 fully saturated rings. The Morgan fingerprint density at radius 3 is 2.76 bits per heavy atom. The highest BCUT2D eigenvalue weighted by Crippen LogP contribution is 2.35. The van der Waals surface area contributed by atoms with Crippen molar-refractivity contribution in [2.75, 3.05) is 38.0 Å². The molecule has 1 saturated heterocycles. The number of halogens is 1. The van der Waals surface area contributed by atoms with Gasteiger partial charge in [0.25, 0.3) is 0 Å². The fourth-order valence-corrected chi connectivity index (χ4v) is 6.53. The van der Waals surface area contributed by atoms with Crippen molar-refractivity contribution < 1.29 is 9.18 Å². The topological polar surface area (TPSA) is 101 Å². The molecule has 1 amide bonds. The van der Waals surface area contributed by atoms with E-state index in [0.717, 1.165) is 86.7 Å². The molecular formula is C30H37FN10O. The van der Waals surface area contributed by atoms with Gasteiger partial charge in [0.05, 0.1) is 31.0 Å². The lowest BCUT2D eigenvalue weighted by atomic mass is 10.0. The Kier molecular flexibility index (Phi) is 7.02. The molecule has 11 nitrogen and oxygen atoms in total. The minimum absolute atomic E-state index is 0.0324. The van der Waals surface area contributed by atoms with Crippen LogP contribution >= 0.6 is 0 Å². The molecule has 2 N–H and O–H groups in total. The Morgan fingerprint density at radius 2 is 2.00 bits per heavy atom. The number of hydrogen-bond donors (Lipinski definition) is 2. The van der Waals surface area contributed by atoms with Gasteiger partial charge in [-0.2, -0.15) is 10.2 Å². The smallest absolute Gasteiger partial charge is 0.219 e. The van der Waals surface area contributed by atoms with E-state index in [1.807, 2.05) is 30.4 Å². The molecule has 12 heteroatoms. The van der Waals surface area contributed by atoms with Gasteiger partial charge in [0.2, 0.25) is 5.91 Å². The molecule has 0 aliphatic carbocycles. The van der Waals surface area contributed by atoms with Crippen LogP contribution in [0.5, 0.6) is 0 Å². The van der Waals surface area contributed by atoms with Crippen LogP contribution in [0, 0.1) is 5.82 Å². The average molecular weight is 573 g/mol. The second-order valence-corrected chi connectivity index (χ2v) is 11.6. The fourth-order valence-electron chi connectivity index (χ4n) is 6.53. The van der Waals surface area contributed by atoms with E-state index < -0.39 is 0 Å². The second-order valence-electron chi connectivity index (χ2n) is 11.6. The number of amides is 1. The van der Waals surface area contributed by atoms with E-state index >= 15 is 4.39 Å². The Hall–Kier alpha value is -4.03. The van der Waals surface area contributed by atoms with Crippen molar-refractivity contribution in [1.82, 2.24) is 44.2 Å². The molecule has 3 aliphatic rings. The van der Waals surface area contributed by atoms with E-state index in [4.69, 9.17) is 10.1 Å². The Morgan fingerprint density at radius 1 is 1.14 bits per heavy atom. The van der Waals surface area contributed by atoms with E-state index in [1.54, 1.807) is 23.9 Å². The maximum atomic E-state index is 15.4. The van der Waals surface area contributed by atoms with E-state index in [9.17, 15) is 4.79 Å². The highest BCUT2D eigenvalue weighted by Gasteiger charge is 2.32. The normalized spacial score (nSPS) is 19.0. The molecule has 3 aromatic heterocycles. The molecule has 7 rings (SSSR count). The first-order chi connectivity index (χ1) is 20.4. The van der Waals surface area contributed by atoms with Gasteiger partial charge in [-0.3, -0.25) is 19.1 Å². The van der Waals surface area contributed by atoms with Gasteiger partial charge in [0.1, 0.15) is 11.6 Å². The lowest BCUT2D eigenvalue weighted by Gasteiger charge is -2.31. The molecule has 1 atom stereocenters. The maximum absolute atomic E-state index is 15.4. The second kappa shape index (κ2) is 11.0. The van der Waals surface area contributed by atoms with Crippen molar-refractivity contribution >= 4 is 17.4 Å². The molecule has 3 aliphatic heterocycles. The summed E-state index contributed by atoms with van der Waals surface area (Å²) in [5.74, 6) is 1.42. The Bertz CT molecular complexity index is 1610. The highest BCUT2D eigenvalue weighted by atomic mass is 19.1. The van der Waals surface area contributed by atoms with Crippen LogP contribution in [0.15, 0.2) is 36.8 Å². The van der Waals surface area contributed by atoms with E-state index in [2.05, 4.69) is 29.9 Å². The maximum Gasteiger partial charge on any atom is 0.219 e. The van der Waals surface area contributed by atoms with Crippen LogP contribution in [-0.2, 0) is 44.3 Å². The van der Waals surface area contributed by atoms with Gasteiger partial charge < -0.3 is 20.1 Å². The van der Waals surface area contributed by atoms with Crippen LogP contribution in [0.25, 0.3) is 11.1 Å². The number of hydrogen-bond acceptors (Lipinski definition) is 7. The minimum atomic E-state index is -0.363. The van der Waals surface area contributed by atoms with Crippen LogP contribution in [0.3, 0.4) is 0 Å². The van der Waals surface area contributed by atoms with Crippen LogP contribution < -0.4 is 10.6 Å². The number of carbonyl (C=O) groups excluding carboxylic acids is 1. The van der Waals surface area contributed by atoms with Crippen molar-refractivity contribution in [3.8, 4) is 11.1 Å². The number of fused-ring (bicyclic) bond motifs is 2. The molecule has 0 saturated carbocycles. The summed E-state index contributed by atoms with van der Waals surface area (Å²) in [5, 5.41) is 15.9. The third-order valence-electron chi connectivity index (χ3n) is 8.86. The number of imidazole rings is 1. The zero-order chi connectivity index (χ0) is 28.8. The first-order valence-corrected chi connectivity index (χ1v) is 14.8. The van der Waals surface area contributed by atoms with Gasteiger partial charge in [0.15, 0.2) is 5.82 Å². The van der Waals surface area contributed by atoms with Gasteiger partial charge in [-0.1, -0.05) is 6.07 Å². The Labute approximate surface area is 244 Å². The van der Waals surface area contributed by atoms with Crippen molar-refractivity contribution in [3.63, 3.8) is 0 Å². The summed E-state index contributed by atoms with van der Waals surface area (Å²) in [6, 6.07) is 5.32. The molecule has 220 valence electrons. The summed E-state index contributed by atoms with van der Waals surface area (Å²) < 4.78 is 21.6. The lowest BCUT2D eigenvalue weighted by Crippen LogP contribution is -2.43. The molecule has 42 heavy (non-hydrogen) atoms. The predicted octanol–water partition coefficient (Wildman–Crippen LogP) is 2.86. The third kappa shape index (κ3) is 5.09. The zero-order valence-corrected chi connectivity index (χ0v) is 24.2. The molecule has 6 heterocycles. The fraction of sp³-hybridized carbons (Fsp3) is 0.467. The van der Waals surface area contributed by atoms with E-state index in [-0.39, 0.29) is 17.8 Å². The highest BCUT2D eigenvalue weighted by molar-refractivity contribution is 5.74. The van der Waals surface area contributed by atoms with Crippen molar-refractivity contribution in [1.29, 1.82) is 0 Å². The lowest BCUT2D eigenvalue weighted by molar-refractivity contribution is -0.129. The van der Waals surface area contributed by atoms with E-state index in [0.29, 0.717) is 24.6 Å². The minimum Gasteiger partial charge on any atom is -0.338 e. The number of aryl methyl sites for hydroxylation is 1. The van der Waals surface area contributed by atoms with Gasteiger partial charge in [-0.05, 0) is 24.1 Å². The predicted molar refractivity (Wildman–Crippen MR) is 157 cm³/mol. The van der Waals surface area contributed by atoms with Crippen molar-refractivity contribution in [2.45, 2.75) is 51.9 Å². The first-order valence-electron chi connectivity index (χ1n) is 14.8. The number of rotatable bonds is 6. The molecule has 0 bridgehead atoms. The van der Waals surface area contributed by atoms with Crippen LogP contribution in [0.1, 0.15) is 42.2 Å². The number of nitrogens with zero attached hydrogens (tertiary/aromatic N) is 8. The molecule has 1 aromatic carbocycles. The molecule has 0 radical (unpaired) electrons. The molecular weight excluding hydrogens is 535 g/mol. The van der Waals surface area contributed by atoms with Gasteiger partial charge >= 0.3 is 0 Å². The third-order valence-corrected chi connectivity index (χ3v) is 8.86. The van der Waals surface area contributed by atoms with Gasteiger partial charge in [-0.25, -0.2) is 9.37 Å². The van der Waals surface area contributed by atoms with Gasteiger partial charge in [-0.15, -0.1) is 0 Å². The van der Waals surface area contributed by atoms with Crippen LogP contribution in [-0.4, -0.2) is 77.5 Å². The summed E-state index contributed by atoms with van der Waals surface area (Å²) in [7, 11) is 1.84. The number of nitrogens with one attached hydrogen (secondary N) is 2. The molecule has 4 aromatic rings. The molecule has 1 unspecified atom stereocenters. The van der Waals surface area contributed by atoms with Gasteiger partial charge in [0, 0.05) is 101 Å². The monoisotopic (exact) mass is 572 g/mol. The average Bonchev–Trinajstić information content (AvgIpc) is 3.71. The van der Waals surface area contributed by atoms with Crippen LogP contribution in [0.2, 0.25) is 0 Å². The van der Waals surface area contributed by atoms with Crippen molar-refractivity contribution in [2.24, 2.45) is 7.05 Å².